The molecule has 0 aromatic carbocycles. The number of hydrogen-bond donors (Lipinski definition) is 0. The van der Waals surface area contributed by atoms with Gasteiger partial charge in [-0.3, -0.25) is 0 Å². The molecule has 1 saturated carbocycles. The summed E-state index contributed by atoms with van der Waals surface area (Å²) in [7, 11) is 0. The lowest BCUT2D eigenvalue weighted by atomic mass is 9.64. The highest BCUT2D eigenvalue weighted by molar-refractivity contribution is 4.91. The van der Waals surface area contributed by atoms with Crippen molar-refractivity contribution in [2.75, 3.05) is 6.61 Å². The lowest BCUT2D eigenvalue weighted by molar-refractivity contribution is -0.103. The number of hydrogen-bond acceptors (Lipinski definition) is 1. The van der Waals surface area contributed by atoms with Crippen LogP contribution in [0.25, 0.3) is 0 Å². The van der Waals surface area contributed by atoms with Crippen molar-refractivity contribution in [3.63, 3.8) is 0 Å². The van der Waals surface area contributed by atoms with Crippen molar-refractivity contribution in [2.24, 2.45) is 17.3 Å². The number of unbranched alkanes of at least 4 members (excludes halogenated alkanes) is 4. The molecule has 1 nitrogen and oxygen atoms in total. The highest BCUT2D eigenvalue weighted by Crippen LogP contribution is 2.47. The summed E-state index contributed by atoms with van der Waals surface area (Å²) in [5.41, 5.74) is 0.574. The average Bonchev–Trinajstić information content (AvgIpc) is 2.38. The highest BCUT2D eigenvalue weighted by Gasteiger charge is 2.41. The predicted molar refractivity (Wildman–Crippen MR) is 82.3 cm³/mol. The molecule has 2 rings (SSSR count). The molecule has 1 aliphatic carbocycles. The first-order valence-electron chi connectivity index (χ1n) is 8.76. The van der Waals surface area contributed by atoms with Crippen LogP contribution in [-0.2, 0) is 4.74 Å². The third-order valence-corrected chi connectivity index (χ3v) is 5.77. The Labute approximate surface area is 120 Å². The maximum Gasteiger partial charge on any atom is 0.0611 e. The van der Waals surface area contributed by atoms with E-state index in [-0.39, 0.29) is 0 Å². The molecule has 0 N–H and O–H groups in total. The summed E-state index contributed by atoms with van der Waals surface area (Å²) in [5.74, 6) is 1.76. The molecule has 0 amide bonds. The van der Waals surface area contributed by atoms with Crippen molar-refractivity contribution in [1.29, 1.82) is 0 Å². The van der Waals surface area contributed by atoms with Gasteiger partial charge < -0.3 is 4.74 Å². The van der Waals surface area contributed by atoms with Crippen molar-refractivity contribution < 1.29 is 4.74 Å². The van der Waals surface area contributed by atoms with Crippen molar-refractivity contribution in [1.82, 2.24) is 0 Å². The van der Waals surface area contributed by atoms with Crippen LogP contribution in [0.15, 0.2) is 0 Å². The Morgan fingerprint density at radius 2 is 1.89 bits per heavy atom. The molecule has 4 unspecified atom stereocenters. The Hall–Kier alpha value is -0.0400. The second-order valence-corrected chi connectivity index (χ2v) is 7.56. The Balaban J connectivity index is 1.75. The van der Waals surface area contributed by atoms with Crippen LogP contribution in [0, 0.1) is 17.3 Å². The minimum absolute atomic E-state index is 0.574. The maximum absolute atomic E-state index is 6.09. The molecule has 0 bridgehead atoms. The number of fused-ring (bicyclic) bond motifs is 1. The Bertz CT molecular complexity index is 262. The third-order valence-electron chi connectivity index (χ3n) is 5.77. The molecule has 2 aliphatic rings. The van der Waals surface area contributed by atoms with E-state index >= 15 is 0 Å². The van der Waals surface area contributed by atoms with Gasteiger partial charge in [-0.05, 0) is 49.4 Å². The van der Waals surface area contributed by atoms with Crippen LogP contribution < -0.4 is 0 Å². The van der Waals surface area contributed by atoms with Crippen LogP contribution in [0.2, 0.25) is 0 Å². The van der Waals surface area contributed by atoms with Crippen LogP contribution in [-0.4, -0.2) is 12.7 Å². The molecule has 1 heterocycles. The first kappa shape index (κ1) is 15.4. The third kappa shape index (κ3) is 4.21. The van der Waals surface area contributed by atoms with E-state index < -0.39 is 0 Å². The average molecular weight is 266 g/mol. The molecule has 4 atom stereocenters. The summed E-state index contributed by atoms with van der Waals surface area (Å²) >= 11 is 0. The molecular weight excluding hydrogens is 232 g/mol. The van der Waals surface area contributed by atoms with Crippen LogP contribution in [0.4, 0.5) is 0 Å². The topological polar surface area (TPSA) is 9.23 Å². The van der Waals surface area contributed by atoms with Crippen molar-refractivity contribution in [3.05, 3.63) is 0 Å². The van der Waals surface area contributed by atoms with E-state index in [4.69, 9.17) is 4.74 Å². The highest BCUT2D eigenvalue weighted by atomic mass is 16.5. The Morgan fingerprint density at radius 3 is 2.68 bits per heavy atom. The van der Waals surface area contributed by atoms with Crippen molar-refractivity contribution in [3.8, 4) is 0 Å². The molecule has 19 heavy (non-hydrogen) atoms. The van der Waals surface area contributed by atoms with E-state index in [0.29, 0.717) is 11.5 Å². The lowest BCUT2D eigenvalue weighted by Crippen LogP contribution is -2.43. The van der Waals surface area contributed by atoms with Gasteiger partial charge in [0.15, 0.2) is 0 Å². The summed E-state index contributed by atoms with van der Waals surface area (Å²) in [5, 5.41) is 0. The van der Waals surface area contributed by atoms with E-state index in [0.717, 1.165) is 18.4 Å². The fourth-order valence-electron chi connectivity index (χ4n) is 4.28. The first-order valence-corrected chi connectivity index (χ1v) is 8.76. The van der Waals surface area contributed by atoms with E-state index in [1.54, 1.807) is 0 Å². The summed E-state index contributed by atoms with van der Waals surface area (Å²) < 4.78 is 6.09. The summed E-state index contributed by atoms with van der Waals surface area (Å²) in [4.78, 5) is 0. The van der Waals surface area contributed by atoms with Crippen LogP contribution in [0.1, 0.15) is 85.0 Å². The van der Waals surface area contributed by atoms with Gasteiger partial charge in [0.25, 0.3) is 0 Å². The number of ether oxygens (including phenoxy) is 1. The quantitative estimate of drug-likeness (QED) is 0.570. The van der Waals surface area contributed by atoms with E-state index in [1.165, 1.54) is 64.2 Å². The molecule has 112 valence electrons. The zero-order valence-electron chi connectivity index (χ0n) is 13.4. The SMILES string of the molecule is CCCCCCCC1(C)CCC2C(C)CCOC2C1. The molecule has 2 fully saturated rings. The van der Waals surface area contributed by atoms with Gasteiger partial charge in [-0.15, -0.1) is 0 Å². The normalized spacial score (nSPS) is 39.0. The minimum atomic E-state index is 0.574. The van der Waals surface area contributed by atoms with Gasteiger partial charge >= 0.3 is 0 Å². The smallest absolute Gasteiger partial charge is 0.0611 e. The van der Waals surface area contributed by atoms with E-state index in [1.807, 2.05) is 0 Å². The van der Waals surface area contributed by atoms with Gasteiger partial charge in [-0.1, -0.05) is 52.9 Å². The molecule has 1 heteroatoms. The molecule has 0 aromatic heterocycles. The van der Waals surface area contributed by atoms with Gasteiger partial charge in [0.1, 0.15) is 0 Å². The Kier molecular flexibility index (Phi) is 5.74. The van der Waals surface area contributed by atoms with E-state index in [9.17, 15) is 0 Å². The van der Waals surface area contributed by atoms with Gasteiger partial charge in [-0.25, -0.2) is 0 Å². The molecule has 0 radical (unpaired) electrons. The molecule has 0 aromatic rings. The van der Waals surface area contributed by atoms with Crippen LogP contribution in [0.5, 0.6) is 0 Å². The molecular formula is C18H34O. The molecule has 0 spiro atoms. The van der Waals surface area contributed by atoms with Crippen LogP contribution in [0.3, 0.4) is 0 Å². The maximum atomic E-state index is 6.09. The summed E-state index contributed by atoms with van der Waals surface area (Å²) in [6.07, 6.45) is 14.6. The van der Waals surface area contributed by atoms with Gasteiger partial charge in [0.2, 0.25) is 0 Å². The van der Waals surface area contributed by atoms with Gasteiger partial charge in [0.05, 0.1) is 6.10 Å². The molecule has 1 saturated heterocycles. The summed E-state index contributed by atoms with van der Waals surface area (Å²) in [6, 6.07) is 0. The molecule has 1 aliphatic heterocycles. The minimum Gasteiger partial charge on any atom is -0.378 e. The fourth-order valence-corrected chi connectivity index (χ4v) is 4.28. The Morgan fingerprint density at radius 1 is 1.11 bits per heavy atom. The lowest BCUT2D eigenvalue weighted by Gasteiger charge is -2.47. The zero-order valence-corrected chi connectivity index (χ0v) is 13.4. The van der Waals surface area contributed by atoms with E-state index in [2.05, 4.69) is 20.8 Å². The fraction of sp³-hybridized carbons (Fsp3) is 1.00. The standard InChI is InChI=1S/C18H34O/c1-4-5-6-7-8-11-18(3)12-9-16-15(2)10-13-19-17(16)14-18/h15-17H,4-14H2,1-3H3. The van der Waals surface area contributed by atoms with Crippen LogP contribution >= 0.6 is 0 Å². The predicted octanol–water partition coefficient (Wildman–Crippen LogP) is 5.58. The summed E-state index contributed by atoms with van der Waals surface area (Å²) in [6.45, 7) is 8.26. The van der Waals surface area contributed by atoms with Crippen molar-refractivity contribution in [2.45, 2.75) is 91.1 Å². The second kappa shape index (κ2) is 7.11. The number of rotatable bonds is 6. The monoisotopic (exact) mass is 266 g/mol. The zero-order chi connectivity index (χ0) is 13.7. The first-order chi connectivity index (χ1) is 9.14. The largest absolute Gasteiger partial charge is 0.378 e. The van der Waals surface area contributed by atoms with Gasteiger partial charge in [0, 0.05) is 6.61 Å². The van der Waals surface area contributed by atoms with Gasteiger partial charge in [-0.2, -0.15) is 0 Å². The second-order valence-electron chi connectivity index (χ2n) is 7.56. The van der Waals surface area contributed by atoms with Crippen molar-refractivity contribution >= 4 is 0 Å².